The quantitative estimate of drug-likeness (QED) is 0.923. The van der Waals surface area contributed by atoms with Gasteiger partial charge in [0.15, 0.2) is 0 Å². The molecule has 5 heteroatoms. The molecule has 0 aliphatic carbocycles. The standard InChI is InChI=1S/C12H16BrN3O/c1-3-5-14-10(11-9(13)4-8-17-11)12-15-6-7-16(12)2/h4,6-8,10,14H,3,5H2,1-2H3. The molecule has 1 atom stereocenters. The Hall–Kier alpha value is -1.07. The van der Waals surface area contributed by atoms with E-state index in [1.807, 2.05) is 23.9 Å². The van der Waals surface area contributed by atoms with Gasteiger partial charge in [-0.25, -0.2) is 4.98 Å². The Morgan fingerprint density at radius 3 is 2.94 bits per heavy atom. The van der Waals surface area contributed by atoms with Crippen LogP contribution in [0.25, 0.3) is 0 Å². The highest BCUT2D eigenvalue weighted by Gasteiger charge is 2.22. The van der Waals surface area contributed by atoms with Crippen LogP contribution in [0.15, 0.2) is 33.6 Å². The molecule has 2 rings (SSSR count). The average molecular weight is 298 g/mol. The molecule has 0 fully saturated rings. The van der Waals surface area contributed by atoms with Crippen molar-refractivity contribution in [1.29, 1.82) is 0 Å². The minimum Gasteiger partial charge on any atom is -0.466 e. The van der Waals surface area contributed by atoms with E-state index < -0.39 is 0 Å². The highest BCUT2D eigenvalue weighted by molar-refractivity contribution is 9.10. The number of hydrogen-bond acceptors (Lipinski definition) is 3. The maximum Gasteiger partial charge on any atom is 0.142 e. The zero-order valence-corrected chi connectivity index (χ0v) is 11.6. The average Bonchev–Trinajstić information content (AvgIpc) is 2.90. The van der Waals surface area contributed by atoms with Crippen molar-refractivity contribution in [2.75, 3.05) is 6.54 Å². The van der Waals surface area contributed by atoms with Crippen LogP contribution in [0.2, 0.25) is 0 Å². The van der Waals surface area contributed by atoms with Gasteiger partial charge in [-0.3, -0.25) is 0 Å². The number of furan rings is 1. The number of rotatable bonds is 5. The summed E-state index contributed by atoms with van der Waals surface area (Å²) in [6.45, 7) is 3.06. The first-order valence-corrected chi connectivity index (χ1v) is 6.46. The van der Waals surface area contributed by atoms with Crippen LogP contribution in [-0.4, -0.2) is 16.1 Å². The first-order valence-electron chi connectivity index (χ1n) is 5.67. The lowest BCUT2D eigenvalue weighted by atomic mass is 10.2. The molecule has 0 saturated carbocycles. The Morgan fingerprint density at radius 2 is 2.41 bits per heavy atom. The zero-order valence-electron chi connectivity index (χ0n) is 9.98. The molecule has 1 unspecified atom stereocenters. The van der Waals surface area contributed by atoms with Crippen molar-refractivity contribution in [3.05, 3.63) is 40.8 Å². The summed E-state index contributed by atoms with van der Waals surface area (Å²) in [4.78, 5) is 4.39. The van der Waals surface area contributed by atoms with E-state index >= 15 is 0 Å². The normalized spacial score (nSPS) is 12.9. The molecule has 0 bridgehead atoms. The van der Waals surface area contributed by atoms with Crippen LogP contribution in [0.4, 0.5) is 0 Å². The molecule has 2 aromatic heterocycles. The Balaban J connectivity index is 2.32. The van der Waals surface area contributed by atoms with Gasteiger partial charge >= 0.3 is 0 Å². The summed E-state index contributed by atoms with van der Waals surface area (Å²) >= 11 is 3.50. The Labute approximate surface area is 109 Å². The van der Waals surface area contributed by atoms with E-state index in [9.17, 15) is 0 Å². The van der Waals surface area contributed by atoms with Gasteiger partial charge in [0.05, 0.1) is 10.7 Å². The van der Waals surface area contributed by atoms with Crippen molar-refractivity contribution >= 4 is 15.9 Å². The van der Waals surface area contributed by atoms with E-state index in [-0.39, 0.29) is 6.04 Å². The number of imidazole rings is 1. The maximum atomic E-state index is 5.54. The molecule has 0 aliphatic rings. The second kappa shape index (κ2) is 5.51. The Kier molecular flexibility index (Phi) is 4.02. The number of hydrogen-bond donors (Lipinski definition) is 1. The molecule has 17 heavy (non-hydrogen) atoms. The van der Waals surface area contributed by atoms with Crippen molar-refractivity contribution in [2.24, 2.45) is 7.05 Å². The van der Waals surface area contributed by atoms with Gasteiger partial charge in [0.2, 0.25) is 0 Å². The molecule has 0 amide bonds. The molecule has 0 aliphatic heterocycles. The molecular formula is C12H16BrN3O. The topological polar surface area (TPSA) is 43.0 Å². The van der Waals surface area contributed by atoms with Crippen LogP contribution in [0.3, 0.4) is 0 Å². The monoisotopic (exact) mass is 297 g/mol. The number of halogens is 1. The van der Waals surface area contributed by atoms with Crippen LogP contribution in [0.5, 0.6) is 0 Å². The molecule has 0 saturated heterocycles. The third-order valence-electron chi connectivity index (χ3n) is 2.62. The zero-order chi connectivity index (χ0) is 12.3. The van der Waals surface area contributed by atoms with Gasteiger partial charge in [0, 0.05) is 19.4 Å². The first kappa shape index (κ1) is 12.4. The summed E-state index contributed by atoms with van der Waals surface area (Å²) in [5.74, 6) is 1.82. The molecule has 4 nitrogen and oxygen atoms in total. The second-order valence-corrected chi connectivity index (χ2v) is 4.77. The van der Waals surface area contributed by atoms with E-state index in [1.165, 1.54) is 0 Å². The van der Waals surface area contributed by atoms with Crippen LogP contribution in [0, 0.1) is 0 Å². The fourth-order valence-electron chi connectivity index (χ4n) is 1.76. The molecule has 0 aromatic carbocycles. The summed E-state index contributed by atoms with van der Waals surface area (Å²) in [7, 11) is 1.99. The third-order valence-corrected chi connectivity index (χ3v) is 3.28. The fourth-order valence-corrected chi connectivity index (χ4v) is 2.19. The van der Waals surface area contributed by atoms with Gasteiger partial charge in [-0.2, -0.15) is 0 Å². The van der Waals surface area contributed by atoms with Crippen LogP contribution >= 0.6 is 15.9 Å². The van der Waals surface area contributed by atoms with Gasteiger partial charge in [-0.1, -0.05) is 6.92 Å². The number of nitrogens with one attached hydrogen (secondary N) is 1. The van der Waals surface area contributed by atoms with Crippen LogP contribution in [-0.2, 0) is 7.05 Å². The Bertz CT molecular complexity index is 437. The van der Waals surface area contributed by atoms with E-state index in [0.717, 1.165) is 29.0 Å². The van der Waals surface area contributed by atoms with Crippen molar-refractivity contribution < 1.29 is 4.42 Å². The van der Waals surface area contributed by atoms with Gasteiger partial charge in [-0.05, 0) is 35.0 Å². The molecule has 92 valence electrons. The predicted octanol–water partition coefficient (Wildman–Crippen LogP) is 2.86. The van der Waals surface area contributed by atoms with Crippen LogP contribution < -0.4 is 5.32 Å². The lowest BCUT2D eigenvalue weighted by Crippen LogP contribution is -2.25. The minimum absolute atomic E-state index is 0.0145. The Morgan fingerprint density at radius 1 is 1.59 bits per heavy atom. The lowest BCUT2D eigenvalue weighted by Gasteiger charge is -2.16. The molecule has 2 heterocycles. The van der Waals surface area contributed by atoms with Crippen molar-refractivity contribution in [3.63, 3.8) is 0 Å². The van der Waals surface area contributed by atoms with E-state index in [4.69, 9.17) is 4.42 Å². The second-order valence-electron chi connectivity index (χ2n) is 3.92. The minimum atomic E-state index is -0.0145. The molecule has 0 spiro atoms. The van der Waals surface area contributed by atoms with Gasteiger partial charge in [-0.15, -0.1) is 0 Å². The van der Waals surface area contributed by atoms with Gasteiger partial charge in [0.1, 0.15) is 17.6 Å². The maximum absolute atomic E-state index is 5.54. The third kappa shape index (κ3) is 2.61. The van der Waals surface area contributed by atoms with E-state index in [0.29, 0.717) is 0 Å². The molecular weight excluding hydrogens is 282 g/mol. The van der Waals surface area contributed by atoms with Gasteiger partial charge < -0.3 is 14.3 Å². The molecule has 0 radical (unpaired) electrons. The highest BCUT2D eigenvalue weighted by atomic mass is 79.9. The largest absolute Gasteiger partial charge is 0.466 e. The SMILES string of the molecule is CCCNC(c1occc1Br)c1nccn1C. The van der Waals surface area contributed by atoms with E-state index in [2.05, 4.69) is 33.2 Å². The van der Waals surface area contributed by atoms with Crippen molar-refractivity contribution in [3.8, 4) is 0 Å². The number of aromatic nitrogens is 2. The summed E-state index contributed by atoms with van der Waals surface area (Å²) in [6.07, 6.45) is 6.49. The smallest absolute Gasteiger partial charge is 0.142 e. The van der Waals surface area contributed by atoms with Crippen LogP contribution in [0.1, 0.15) is 31.0 Å². The summed E-state index contributed by atoms with van der Waals surface area (Å²) in [6, 6.07) is 1.89. The van der Waals surface area contributed by atoms with Crippen molar-refractivity contribution in [2.45, 2.75) is 19.4 Å². The fraction of sp³-hybridized carbons (Fsp3) is 0.417. The molecule has 1 N–H and O–H groups in total. The highest BCUT2D eigenvalue weighted by Crippen LogP contribution is 2.28. The summed E-state index contributed by atoms with van der Waals surface area (Å²) < 4.78 is 8.51. The molecule has 2 aromatic rings. The van der Waals surface area contributed by atoms with Crippen molar-refractivity contribution in [1.82, 2.24) is 14.9 Å². The van der Waals surface area contributed by atoms with E-state index in [1.54, 1.807) is 12.5 Å². The summed E-state index contributed by atoms with van der Waals surface area (Å²) in [5.41, 5.74) is 0. The lowest BCUT2D eigenvalue weighted by molar-refractivity contribution is 0.428. The summed E-state index contributed by atoms with van der Waals surface area (Å²) in [5, 5.41) is 3.45. The predicted molar refractivity (Wildman–Crippen MR) is 69.8 cm³/mol. The number of nitrogens with zero attached hydrogens (tertiary/aromatic N) is 2. The van der Waals surface area contributed by atoms with Gasteiger partial charge in [0.25, 0.3) is 0 Å². The first-order chi connectivity index (χ1) is 8.24. The number of aryl methyl sites for hydroxylation is 1.